The van der Waals surface area contributed by atoms with E-state index in [0.717, 1.165) is 21.2 Å². The normalized spacial score (nSPS) is 11.4. The minimum atomic E-state index is -3.57. The molecule has 106 valence electrons. The summed E-state index contributed by atoms with van der Waals surface area (Å²) in [6, 6.07) is 10.7. The highest BCUT2D eigenvalue weighted by atomic mass is 79.9. The summed E-state index contributed by atoms with van der Waals surface area (Å²) in [4.78, 5) is 0.307. The number of halogens is 1. The molecule has 0 bridgehead atoms. The maximum Gasteiger partial charge on any atom is 0.262 e. The van der Waals surface area contributed by atoms with Gasteiger partial charge in [-0.15, -0.1) is 0 Å². The van der Waals surface area contributed by atoms with Crippen molar-refractivity contribution < 1.29 is 8.42 Å². The van der Waals surface area contributed by atoms with Gasteiger partial charge in [0.1, 0.15) is 0 Å². The molecule has 0 fully saturated rings. The molecule has 20 heavy (non-hydrogen) atoms. The van der Waals surface area contributed by atoms with Crippen molar-refractivity contribution in [1.29, 1.82) is 0 Å². The Bertz CT molecular complexity index is 731. The van der Waals surface area contributed by atoms with Crippen LogP contribution in [0.25, 0.3) is 0 Å². The second-order valence-corrected chi connectivity index (χ2v) is 7.35. The quantitative estimate of drug-likeness (QED) is 0.899. The average Bonchev–Trinajstić information content (AvgIpc) is 2.34. The van der Waals surface area contributed by atoms with Gasteiger partial charge >= 0.3 is 0 Å². The first kappa shape index (κ1) is 15.1. The third-order valence-electron chi connectivity index (χ3n) is 3.12. The molecular formula is C15H16BrNO2S. The number of anilines is 1. The fraction of sp³-hybridized carbons (Fsp3) is 0.200. The van der Waals surface area contributed by atoms with Crippen LogP contribution in [0.3, 0.4) is 0 Å². The Morgan fingerprint density at radius 3 is 2.05 bits per heavy atom. The molecule has 0 unspecified atom stereocenters. The van der Waals surface area contributed by atoms with Gasteiger partial charge in [-0.3, -0.25) is 4.72 Å². The Hall–Kier alpha value is -1.33. The number of hydrogen-bond acceptors (Lipinski definition) is 2. The molecule has 2 rings (SSSR count). The van der Waals surface area contributed by atoms with Crippen LogP contribution in [0.5, 0.6) is 0 Å². The van der Waals surface area contributed by atoms with Crippen LogP contribution in [-0.2, 0) is 10.0 Å². The first-order valence-electron chi connectivity index (χ1n) is 6.16. The fourth-order valence-corrected chi connectivity index (χ4v) is 4.26. The van der Waals surface area contributed by atoms with Gasteiger partial charge in [-0.2, -0.15) is 0 Å². The SMILES string of the molecule is Cc1ccccc1S(=O)(=O)Nc1c(C)cc(Br)cc1C. The highest BCUT2D eigenvalue weighted by Gasteiger charge is 2.18. The zero-order valence-electron chi connectivity index (χ0n) is 11.6. The number of hydrogen-bond donors (Lipinski definition) is 1. The van der Waals surface area contributed by atoms with Gasteiger partial charge in [0.25, 0.3) is 10.0 Å². The van der Waals surface area contributed by atoms with Crippen LogP contribution in [0.1, 0.15) is 16.7 Å². The molecule has 2 aromatic carbocycles. The van der Waals surface area contributed by atoms with Crippen molar-refractivity contribution in [1.82, 2.24) is 0 Å². The van der Waals surface area contributed by atoms with Crippen LogP contribution in [0.4, 0.5) is 5.69 Å². The van der Waals surface area contributed by atoms with E-state index >= 15 is 0 Å². The molecular weight excluding hydrogens is 338 g/mol. The zero-order chi connectivity index (χ0) is 14.9. The predicted octanol–water partition coefficient (Wildman–Crippen LogP) is 4.18. The Morgan fingerprint density at radius 2 is 1.50 bits per heavy atom. The molecule has 0 saturated carbocycles. The summed E-state index contributed by atoms with van der Waals surface area (Å²) in [5.74, 6) is 0. The van der Waals surface area contributed by atoms with Gasteiger partial charge in [0, 0.05) is 4.47 Å². The van der Waals surface area contributed by atoms with E-state index in [0.29, 0.717) is 10.6 Å². The van der Waals surface area contributed by atoms with Gasteiger partial charge in [0.15, 0.2) is 0 Å². The summed E-state index contributed by atoms with van der Waals surface area (Å²) in [6.45, 7) is 5.55. The lowest BCUT2D eigenvalue weighted by Gasteiger charge is -2.15. The van der Waals surface area contributed by atoms with E-state index < -0.39 is 10.0 Å². The maximum atomic E-state index is 12.5. The van der Waals surface area contributed by atoms with Gasteiger partial charge in [-0.1, -0.05) is 34.1 Å². The Kier molecular flexibility index (Phi) is 4.20. The van der Waals surface area contributed by atoms with E-state index in [1.54, 1.807) is 25.1 Å². The van der Waals surface area contributed by atoms with Crippen molar-refractivity contribution in [3.8, 4) is 0 Å². The highest BCUT2D eigenvalue weighted by Crippen LogP contribution is 2.28. The monoisotopic (exact) mass is 353 g/mol. The molecule has 0 radical (unpaired) electrons. The van der Waals surface area contributed by atoms with Crippen molar-refractivity contribution in [3.05, 3.63) is 57.6 Å². The molecule has 0 spiro atoms. The molecule has 0 atom stereocenters. The van der Waals surface area contributed by atoms with Crippen LogP contribution in [0.15, 0.2) is 45.8 Å². The first-order chi connectivity index (χ1) is 9.31. The van der Waals surface area contributed by atoms with Crippen LogP contribution < -0.4 is 4.72 Å². The number of sulfonamides is 1. The second kappa shape index (κ2) is 5.58. The Labute approximate surface area is 128 Å². The Balaban J connectivity index is 2.47. The molecule has 0 heterocycles. The lowest BCUT2D eigenvalue weighted by molar-refractivity contribution is 0.600. The largest absolute Gasteiger partial charge is 0.279 e. The first-order valence-corrected chi connectivity index (χ1v) is 8.44. The zero-order valence-corrected chi connectivity index (χ0v) is 14.0. The third-order valence-corrected chi connectivity index (χ3v) is 5.08. The number of benzene rings is 2. The molecule has 0 aliphatic carbocycles. The number of aryl methyl sites for hydroxylation is 3. The van der Waals surface area contributed by atoms with Crippen LogP contribution in [0, 0.1) is 20.8 Å². The van der Waals surface area contributed by atoms with E-state index in [2.05, 4.69) is 20.7 Å². The highest BCUT2D eigenvalue weighted by molar-refractivity contribution is 9.10. The molecule has 2 aromatic rings. The van der Waals surface area contributed by atoms with Crippen molar-refractivity contribution in [2.45, 2.75) is 25.7 Å². The molecule has 0 aliphatic heterocycles. The topological polar surface area (TPSA) is 46.2 Å². The molecule has 0 saturated heterocycles. The Morgan fingerprint density at radius 1 is 0.950 bits per heavy atom. The lowest BCUT2D eigenvalue weighted by atomic mass is 10.1. The van der Waals surface area contributed by atoms with Crippen molar-refractivity contribution >= 4 is 31.6 Å². The van der Waals surface area contributed by atoms with E-state index in [1.807, 2.05) is 32.0 Å². The fourth-order valence-electron chi connectivity index (χ4n) is 2.12. The minimum absolute atomic E-state index is 0.307. The van der Waals surface area contributed by atoms with Crippen LogP contribution in [-0.4, -0.2) is 8.42 Å². The third kappa shape index (κ3) is 3.04. The summed E-state index contributed by atoms with van der Waals surface area (Å²) >= 11 is 3.41. The summed E-state index contributed by atoms with van der Waals surface area (Å²) in [5, 5.41) is 0. The second-order valence-electron chi connectivity index (χ2n) is 4.79. The average molecular weight is 354 g/mol. The maximum absolute atomic E-state index is 12.5. The molecule has 0 aliphatic rings. The predicted molar refractivity (Wildman–Crippen MR) is 85.6 cm³/mol. The molecule has 3 nitrogen and oxygen atoms in total. The van der Waals surface area contributed by atoms with Gasteiger partial charge in [-0.25, -0.2) is 8.42 Å². The van der Waals surface area contributed by atoms with Crippen molar-refractivity contribution in [2.75, 3.05) is 4.72 Å². The van der Waals surface area contributed by atoms with Crippen molar-refractivity contribution in [2.24, 2.45) is 0 Å². The van der Waals surface area contributed by atoms with Gasteiger partial charge < -0.3 is 0 Å². The minimum Gasteiger partial charge on any atom is -0.279 e. The summed E-state index contributed by atoms with van der Waals surface area (Å²) in [6.07, 6.45) is 0. The van der Waals surface area contributed by atoms with Gasteiger partial charge in [0.2, 0.25) is 0 Å². The van der Waals surface area contributed by atoms with Crippen molar-refractivity contribution in [3.63, 3.8) is 0 Å². The van der Waals surface area contributed by atoms with Gasteiger partial charge in [-0.05, 0) is 55.7 Å². The number of rotatable bonds is 3. The van der Waals surface area contributed by atoms with E-state index in [9.17, 15) is 8.42 Å². The molecule has 0 aromatic heterocycles. The molecule has 5 heteroatoms. The lowest BCUT2D eigenvalue weighted by Crippen LogP contribution is -2.15. The molecule has 1 N–H and O–H groups in total. The van der Waals surface area contributed by atoms with E-state index in [-0.39, 0.29) is 0 Å². The smallest absolute Gasteiger partial charge is 0.262 e. The summed E-state index contributed by atoms with van der Waals surface area (Å²) in [5.41, 5.74) is 3.13. The van der Waals surface area contributed by atoms with Crippen LogP contribution >= 0.6 is 15.9 Å². The van der Waals surface area contributed by atoms with E-state index in [4.69, 9.17) is 0 Å². The van der Waals surface area contributed by atoms with Crippen LogP contribution in [0.2, 0.25) is 0 Å². The standard InChI is InChI=1S/C15H16BrNO2S/c1-10-6-4-5-7-14(10)20(18,19)17-15-11(2)8-13(16)9-12(15)3/h4-9,17H,1-3H3. The van der Waals surface area contributed by atoms with E-state index in [1.165, 1.54) is 0 Å². The van der Waals surface area contributed by atoms with Gasteiger partial charge in [0.05, 0.1) is 10.6 Å². The summed E-state index contributed by atoms with van der Waals surface area (Å²) < 4.78 is 28.6. The molecule has 0 amide bonds. The number of nitrogens with one attached hydrogen (secondary N) is 1. The summed E-state index contributed by atoms with van der Waals surface area (Å²) in [7, 11) is -3.57.